The summed E-state index contributed by atoms with van der Waals surface area (Å²) in [5, 5.41) is 10.8. The maximum Gasteiger partial charge on any atom is 0.328 e. The largest absolute Gasteiger partial charge is 0.465 e. The maximum atomic E-state index is 14.6. The molecule has 18 heteroatoms. The number of nitrogens with one attached hydrogen (secondary N) is 4. The highest BCUT2D eigenvalue weighted by Crippen LogP contribution is 2.26. The van der Waals surface area contributed by atoms with Gasteiger partial charge in [-0.25, -0.2) is 9.59 Å². The summed E-state index contributed by atoms with van der Waals surface area (Å²) in [6.07, 6.45) is 0.810. The lowest BCUT2D eigenvalue weighted by molar-refractivity contribution is -0.158. The molecule has 60 heavy (non-hydrogen) atoms. The predicted molar refractivity (Wildman–Crippen MR) is 218 cm³/mol. The molecule has 3 heterocycles. The van der Waals surface area contributed by atoms with Crippen LogP contribution in [0.3, 0.4) is 0 Å². The molecule has 0 radical (unpaired) electrons. The van der Waals surface area contributed by atoms with E-state index in [1.807, 2.05) is 6.92 Å². The van der Waals surface area contributed by atoms with Gasteiger partial charge >= 0.3 is 18.0 Å². The summed E-state index contributed by atoms with van der Waals surface area (Å²) in [5.41, 5.74) is 1.19. The predicted octanol–water partition coefficient (Wildman–Crippen LogP) is 0.516. The highest BCUT2D eigenvalue weighted by Gasteiger charge is 2.45. The van der Waals surface area contributed by atoms with Crippen molar-refractivity contribution >= 4 is 53.2 Å². The van der Waals surface area contributed by atoms with E-state index >= 15 is 0 Å². The molecule has 0 spiro atoms. The zero-order chi connectivity index (χ0) is 43.5. The number of para-hydroxylation sites is 1. The van der Waals surface area contributed by atoms with Crippen LogP contribution in [0.1, 0.15) is 45.1 Å². The van der Waals surface area contributed by atoms with E-state index in [4.69, 9.17) is 9.47 Å². The molecular formula is C42H56N8O10. The number of esters is 2. The number of hydrogen-bond donors (Lipinski definition) is 4. The standard InChI is InChI=1S/C42H56N8O10/c1-26-21-34-41(57)60-25-31(45-36(52)30(22-28-13-8-6-9-14-28)46-42(58)44-29-15-10-7-11-16-29)39(55)49-19-12-17-33(49)40(56)48(5)32(18-20-59-35(51)24-47(3)4)37(53)43-27(2)38(54)50(34)23-26/h6-11,13-16,26-27,30-34H,12,17-25H2,1-5H3,(H,43,53)(H,45,52)(H2,44,46,58)/t26-,27+,30+,31+,32+,33+,34+/m1/s1. The van der Waals surface area contributed by atoms with Crippen molar-refractivity contribution in [2.75, 3.05) is 59.3 Å². The van der Waals surface area contributed by atoms with Crippen molar-refractivity contribution in [1.82, 2.24) is 35.6 Å². The number of amides is 7. The summed E-state index contributed by atoms with van der Waals surface area (Å²) in [5.74, 6) is -4.78. The number of hydrogen-bond acceptors (Lipinski definition) is 11. The number of carbonyl (C=O) groups is 8. The smallest absolute Gasteiger partial charge is 0.328 e. The number of carbonyl (C=O) groups excluding carboxylic acids is 8. The molecule has 7 atom stereocenters. The average Bonchev–Trinajstić information content (AvgIpc) is 3.87. The van der Waals surface area contributed by atoms with Gasteiger partial charge in [0.2, 0.25) is 29.5 Å². The SMILES string of the molecule is C[C@@H]1C[C@H]2C(=O)OC[C@H](NC(=O)[C@H](Cc3ccccc3)NC(=O)Nc3ccccc3)C(=O)N3CCC[C@H]3C(=O)N(C)[C@@H](CCOC(=O)CN(C)C)C(=O)N[C@@H](C)C(=O)N2C1. The molecule has 3 fully saturated rings. The lowest BCUT2D eigenvalue weighted by Gasteiger charge is -2.35. The first-order valence-electron chi connectivity index (χ1n) is 20.2. The molecule has 0 unspecified atom stereocenters. The van der Waals surface area contributed by atoms with E-state index in [2.05, 4.69) is 21.3 Å². The van der Waals surface area contributed by atoms with Crippen LogP contribution in [0.2, 0.25) is 0 Å². The number of urea groups is 1. The molecule has 0 bridgehead atoms. The fourth-order valence-corrected chi connectivity index (χ4v) is 7.71. The Morgan fingerprint density at radius 3 is 2.28 bits per heavy atom. The third kappa shape index (κ3) is 11.8. The number of rotatable bonds is 11. The minimum Gasteiger partial charge on any atom is -0.465 e. The van der Waals surface area contributed by atoms with Gasteiger partial charge in [-0.15, -0.1) is 0 Å². The minimum atomic E-state index is -1.51. The molecule has 2 aromatic rings. The third-order valence-electron chi connectivity index (χ3n) is 10.8. The summed E-state index contributed by atoms with van der Waals surface area (Å²) < 4.78 is 11.1. The van der Waals surface area contributed by atoms with Crippen LogP contribution in [0.15, 0.2) is 60.7 Å². The van der Waals surface area contributed by atoms with E-state index in [0.29, 0.717) is 17.7 Å². The van der Waals surface area contributed by atoms with Gasteiger partial charge in [-0.05, 0) is 63.9 Å². The van der Waals surface area contributed by atoms with Gasteiger partial charge in [0.05, 0.1) is 13.2 Å². The van der Waals surface area contributed by atoms with Crippen LogP contribution < -0.4 is 21.3 Å². The molecule has 0 aromatic heterocycles. The van der Waals surface area contributed by atoms with Crippen LogP contribution >= 0.6 is 0 Å². The van der Waals surface area contributed by atoms with Crippen LogP contribution in [0.25, 0.3) is 0 Å². The first-order valence-corrected chi connectivity index (χ1v) is 20.2. The molecule has 2 aromatic carbocycles. The van der Waals surface area contributed by atoms with Gasteiger partial charge in [0.1, 0.15) is 42.9 Å². The van der Waals surface area contributed by atoms with E-state index < -0.39 is 90.4 Å². The topological polar surface area (TPSA) is 216 Å². The molecule has 4 N–H and O–H groups in total. The van der Waals surface area contributed by atoms with Crippen LogP contribution in [-0.4, -0.2) is 157 Å². The molecule has 3 aliphatic heterocycles. The molecule has 0 saturated carbocycles. The van der Waals surface area contributed by atoms with Crippen molar-refractivity contribution in [3.05, 3.63) is 66.2 Å². The van der Waals surface area contributed by atoms with E-state index in [9.17, 15) is 38.4 Å². The van der Waals surface area contributed by atoms with Gasteiger partial charge in [0.25, 0.3) is 0 Å². The van der Waals surface area contributed by atoms with Crippen LogP contribution in [0.5, 0.6) is 0 Å². The Balaban J connectivity index is 1.45. The second-order valence-electron chi connectivity index (χ2n) is 15.9. The summed E-state index contributed by atoms with van der Waals surface area (Å²) in [6, 6.07) is 9.71. The quantitative estimate of drug-likeness (QED) is 0.229. The Morgan fingerprint density at radius 2 is 1.60 bits per heavy atom. The average molecular weight is 833 g/mol. The first kappa shape index (κ1) is 45.1. The van der Waals surface area contributed by atoms with Gasteiger partial charge in [-0.3, -0.25) is 33.7 Å². The van der Waals surface area contributed by atoms with Gasteiger partial charge in [0.15, 0.2) is 0 Å². The van der Waals surface area contributed by atoms with Crippen molar-refractivity contribution in [2.45, 2.75) is 82.2 Å². The summed E-state index contributed by atoms with van der Waals surface area (Å²) in [7, 11) is 4.80. The lowest BCUT2D eigenvalue weighted by Crippen LogP contribution is -2.61. The van der Waals surface area contributed by atoms with Crippen molar-refractivity contribution < 1.29 is 47.8 Å². The molecule has 3 aliphatic rings. The number of fused-ring (bicyclic) bond motifs is 2. The molecule has 324 valence electrons. The Morgan fingerprint density at radius 1 is 0.917 bits per heavy atom. The normalized spacial score (nSPS) is 24.6. The summed E-state index contributed by atoms with van der Waals surface area (Å²) in [4.78, 5) is 116. The molecule has 5 rings (SSSR count). The molecular weight excluding hydrogens is 777 g/mol. The monoisotopic (exact) mass is 832 g/mol. The second-order valence-corrected chi connectivity index (χ2v) is 15.9. The van der Waals surface area contributed by atoms with Crippen LogP contribution in [-0.2, 0) is 49.5 Å². The molecule has 0 aliphatic carbocycles. The first-order chi connectivity index (χ1) is 28.6. The van der Waals surface area contributed by atoms with Crippen molar-refractivity contribution in [3.63, 3.8) is 0 Å². The zero-order valence-corrected chi connectivity index (χ0v) is 34.8. The van der Waals surface area contributed by atoms with E-state index in [-0.39, 0.29) is 57.8 Å². The summed E-state index contributed by atoms with van der Waals surface area (Å²) >= 11 is 0. The Labute approximate surface area is 349 Å². The van der Waals surface area contributed by atoms with E-state index in [1.54, 1.807) is 79.7 Å². The third-order valence-corrected chi connectivity index (χ3v) is 10.8. The molecule has 3 saturated heterocycles. The van der Waals surface area contributed by atoms with E-state index in [0.717, 1.165) is 0 Å². The van der Waals surface area contributed by atoms with Gasteiger partial charge in [-0.1, -0.05) is 55.5 Å². The number of likely N-dealkylation sites (N-methyl/N-ethyl adjacent to an activating group) is 2. The Bertz CT molecular complexity index is 1880. The van der Waals surface area contributed by atoms with Crippen molar-refractivity contribution in [2.24, 2.45) is 5.92 Å². The lowest BCUT2D eigenvalue weighted by atomic mass is 10.0. The maximum absolute atomic E-state index is 14.6. The Kier molecular flexibility index (Phi) is 15.6. The molecule has 18 nitrogen and oxygen atoms in total. The number of cyclic esters (lactones) is 1. The van der Waals surface area contributed by atoms with Gasteiger partial charge < -0.3 is 45.4 Å². The van der Waals surface area contributed by atoms with Gasteiger partial charge in [-0.2, -0.15) is 0 Å². The van der Waals surface area contributed by atoms with Crippen LogP contribution in [0.4, 0.5) is 10.5 Å². The number of benzene rings is 2. The van der Waals surface area contributed by atoms with Crippen molar-refractivity contribution in [1.29, 1.82) is 0 Å². The fraction of sp³-hybridized carbons (Fsp3) is 0.524. The fourth-order valence-electron chi connectivity index (χ4n) is 7.71. The van der Waals surface area contributed by atoms with Gasteiger partial charge in [0, 0.05) is 38.7 Å². The highest BCUT2D eigenvalue weighted by molar-refractivity contribution is 5.98. The molecule has 7 amide bonds. The van der Waals surface area contributed by atoms with Crippen molar-refractivity contribution in [3.8, 4) is 0 Å². The number of ether oxygens (including phenoxy) is 2. The summed E-state index contributed by atoms with van der Waals surface area (Å²) in [6.45, 7) is 2.79. The van der Waals surface area contributed by atoms with E-state index in [1.165, 1.54) is 28.7 Å². The minimum absolute atomic E-state index is 0.00414. The number of nitrogens with zero attached hydrogens (tertiary/aromatic N) is 4. The highest BCUT2D eigenvalue weighted by atomic mass is 16.5. The number of anilines is 1. The second kappa shape index (κ2) is 20.8. The Hall–Kier alpha value is -6.04. The van der Waals surface area contributed by atoms with Crippen LogP contribution in [0, 0.1) is 5.92 Å². The zero-order valence-electron chi connectivity index (χ0n) is 34.8.